The van der Waals surface area contributed by atoms with Crippen LogP contribution in [-0.4, -0.2) is 24.3 Å². The standard InChI is InChI=1S/C20H16N6O/c1-11-16(4-3-7-22-11)26-19-14(15-10-25(2)24-18(15)20(26)27)8-13(9-21)17(23-19)12-5-6-12/h3-4,7-8,10,12H,5-6H2,1-2H3. The lowest BCUT2D eigenvalue weighted by atomic mass is 10.1. The second-order valence-corrected chi connectivity index (χ2v) is 6.99. The maximum absolute atomic E-state index is 13.3. The highest BCUT2D eigenvalue weighted by molar-refractivity contribution is 6.04. The van der Waals surface area contributed by atoms with Crippen LogP contribution in [0, 0.1) is 18.3 Å². The van der Waals surface area contributed by atoms with Crippen molar-refractivity contribution in [1.29, 1.82) is 5.26 Å². The van der Waals surface area contributed by atoms with Crippen LogP contribution in [0.5, 0.6) is 0 Å². The van der Waals surface area contributed by atoms with Gasteiger partial charge in [-0.05, 0) is 38.0 Å². The molecule has 132 valence electrons. The third-order valence-corrected chi connectivity index (χ3v) is 5.07. The Kier molecular flexibility index (Phi) is 3.19. The van der Waals surface area contributed by atoms with Gasteiger partial charge in [-0.2, -0.15) is 10.4 Å². The molecule has 1 saturated carbocycles. The fraction of sp³-hybridized carbons (Fsp3) is 0.250. The molecule has 1 aliphatic rings. The van der Waals surface area contributed by atoms with E-state index in [1.165, 1.54) is 0 Å². The number of hydrogen-bond acceptors (Lipinski definition) is 5. The smallest absolute Gasteiger partial charge is 0.274 e. The summed E-state index contributed by atoms with van der Waals surface area (Å²) in [7, 11) is 1.78. The number of fused-ring (bicyclic) bond motifs is 3. The summed E-state index contributed by atoms with van der Waals surface area (Å²) >= 11 is 0. The highest BCUT2D eigenvalue weighted by Gasteiger charge is 2.29. The monoisotopic (exact) mass is 356 g/mol. The summed E-state index contributed by atoms with van der Waals surface area (Å²) in [5.41, 5.74) is 3.45. The van der Waals surface area contributed by atoms with Crippen LogP contribution in [0.1, 0.15) is 35.7 Å². The summed E-state index contributed by atoms with van der Waals surface area (Å²) in [6.07, 6.45) is 5.55. The van der Waals surface area contributed by atoms with Crippen LogP contribution >= 0.6 is 0 Å². The molecule has 0 atom stereocenters. The van der Waals surface area contributed by atoms with Crippen molar-refractivity contribution in [3.8, 4) is 11.8 Å². The highest BCUT2D eigenvalue weighted by atomic mass is 16.1. The van der Waals surface area contributed by atoms with Gasteiger partial charge < -0.3 is 0 Å². The minimum atomic E-state index is -0.229. The van der Waals surface area contributed by atoms with Crippen LogP contribution in [0.2, 0.25) is 0 Å². The fourth-order valence-corrected chi connectivity index (χ4v) is 3.62. The first-order valence-electron chi connectivity index (χ1n) is 8.83. The Labute approximate surface area is 154 Å². The lowest BCUT2D eigenvalue weighted by molar-refractivity contribution is 0.777. The molecule has 0 N–H and O–H groups in total. The number of aromatic nitrogens is 5. The topological polar surface area (TPSA) is 89.4 Å². The van der Waals surface area contributed by atoms with E-state index in [9.17, 15) is 10.1 Å². The lowest BCUT2D eigenvalue weighted by Gasteiger charge is -2.13. The normalized spacial score (nSPS) is 14.0. The van der Waals surface area contributed by atoms with Crippen molar-refractivity contribution in [2.45, 2.75) is 25.7 Å². The molecule has 4 aromatic rings. The van der Waals surface area contributed by atoms with Gasteiger partial charge in [-0.25, -0.2) is 4.98 Å². The Balaban J connectivity index is 2.02. The van der Waals surface area contributed by atoms with Crippen LogP contribution in [0.4, 0.5) is 0 Å². The fourth-order valence-electron chi connectivity index (χ4n) is 3.62. The van der Waals surface area contributed by atoms with E-state index in [2.05, 4.69) is 16.2 Å². The number of hydrogen-bond donors (Lipinski definition) is 0. The number of nitrogens with zero attached hydrogens (tertiary/aromatic N) is 6. The van der Waals surface area contributed by atoms with Gasteiger partial charge in [0, 0.05) is 36.1 Å². The van der Waals surface area contributed by atoms with Crippen LogP contribution in [0.25, 0.3) is 27.6 Å². The predicted molar refractivity (Wildman–Crippen MR) is 101 cm³/mol. The Bertz CT molecular complexity index is 1340. The highest BCUT2D eigenvalue weighted by Crippen LogP contribution is 2.41. The molecule has 0 amide bonds. The van der Waals surface area contributed by atoms with Gasteiger partial charge in [-0.1, -0.05) is 0 Å². The number of nitriles is 1. The Morgan fingerprint density at radius 3 is 2.81 bits per heavy atom. The van der Waals surface area contributed by atoms with Crippen molar-refractivity contribution in [1.82, 2.24) is 24.3 Å². The molecule has 0 unspecified atom stereocenters. The zero-order chi connectivity index (χ0) is 18.7. The maximum atomic E-state index is 13.3. The molecule has 5 rings (SSSR count). The molecule has 1 fully saturated rings. The van der Waals surface area contributed by atoms with Crippen molar-refractivity contribution in [2.75, 3.05) is 0 Å². The molecule has 0 bridgehead atoms. The van der Waals surface area contributed by atoms with E-state index in [0.29, 0.717) is 33.7 Å². The molecule has 0 radical (unpaired) electrons. The first kappa shape index (κ1) is 15.7. The molecule has 4 heterocycles. The van der Waals surface area contributed by atoms with E-state index in [-0.39, 0.29) is 5.56 Å². The summed E-state index contributed by atoms with van der Waals surface area (Å²) in [5, 5.41) is 15.4. The van der Waals surface area contributed by atoms with Gasteiger partial charge in [-0.3, -0.25) is 19.0 Å². The van der Waals surface area contributed by atoms with E-state index in [4.69, 9.17) is 4.98 Å². The molecule has 1 aliphatic carbocycles. The predicted octanol–water partition coefficient (Wildman–Crippen LogP) is 2.72. The largest absolute Gasteiger partial charge is 0.285 e. The van der Waals surface area contributed by atoms with E-state index < -0.39 is 0 Å². The van der Waals surface area contributed by atoms with Crippen molar-refractivity contribution < 1.29 is 0 Å². The lowest BCUT2D eigenvalue weighted by Crippen LogP contribution is -2.22. The second kappa shape index (κ2) is 5.48. The van der Waals surface area contributed by atoms with Crippen LogP contribution in [0.3, 0.4) is 0 Å². The molecular formula is C20H16N6O. The van der Waals surface area contributed by atoms with E-state index in [1.807, 2.05) is 19.1 Å². The number of rotatable bonds is 2. The van der Waals surface area contributed by atoms with Gasteiger partial charge in [0.05, 0.1) is 22.6 Å². The Morgan fingerprint density at radius 2 is 2.11 bits per heavy atom. The molecule has 7 nitrogen and oxygen atoms in total. The third kappa shape index (κ3) is 2.27. The third-order valence-electron chi connectivity index (χ3n) is 5.07. The van der Waals surface area contributed by atoms with Gasteiger partial charge in [0.15, 0.2) is 5.52 Å². The Hall–Kier alpha value is -3.53. The van der Waals surface area contributed by atoms with Gasteiger partial charge in [0.25, 0.3) is 5.56 Å². The molecule has 0 saturated heterocycles. The SMILES string of the molecule is Cc1ncccc1-n1c(=O)c2nn(C)cc2c2cc(C#N)c(C3CC3)nc21. The summed E-state index contributed by atoms with van der Waals surface area (Å²) in [5.74, 6) is 0.298. The number of pyridine rings is 3. The molecule has 27 heavy (non-hydrogen) atoms. The maximum Gasteiger partial charge on any atom is 0.285 e. The van der Waals surface area contributed by atoms with Gasteiger partial charge in [0.2, 0.25) is 0 Å². The van der Waals surface area contributed by atoms with Gasteiger partial charge >= 0.3 is 0 Å². The molecular weight excluding hydrogens is 340 g/mol. The second-order valence-electron chi connectivity index (χ2n) is 6.99. The van der Waals surface area contributed by atoms with Crippen molar-refractivity contribution in [3.63, 3.8) is 0 Å². The summed E-state index contributed by atoms with van der Waals surface area (Å²) in [6, 6.07) is 7.78. The molecule has 0 aliphatic heterocycles. The van der Waals surface area contributed by atoms with Crippen LogP contribution < -0.4 is 5.56 Å². The molecule has 0 aromatic carbocycles. The minimum absolute atomic E-state index is 0.229. The van der Waals surface area contributed by atoms with Crippen molar-refractivity contribution >= 4 is 21.9 Å². The molecule has 7 heteroatoms. The quantitative estimate of drug-likeness (QED) is 0.551. The first-order chi connectivity index (χ1) is 13.1. The summed E-state index contributed by atoms with van der Waals surface area (Å²) in [6.45, 7) is 1.86. The van der Waals surface area contributed by atoms with E-state index in [1.54, 1.807) is 34.8 Å². The zero-order valence-electron chi connectivity index (χ0n) is 15.0. The van der Waals surface area contributed by atoms with Crippen molar-refractivity contribution in [2.24, 2.45) is 7.05 Å². The Morgan fingerprint density at radius 1 is 1.30 bits per heavy atom. The average Bonchev–Trinajstić information content (AvgIpc) is 3.43. The van der Waals surface area contributed by atoms with Crippen molar-refractivity contribution in [3.05, 3.63) is 57.9 Å². The molecule has 4 aromatic heterocycles. The van der Waals surface area contributed by atoms with Gasteiger partial charge in [-0.15, -0.1) is 0 Å². The zero-order valence-corrected chi connectivity index (χ0v) is 15.0. The van der Waals surface area contributed by atoms with Crippen LogP contribution in [0.15, 0.2) is 35.4 Å². The number of aryl methyl sites for hydroxylation is 2. The summed E-state index contributed by atoms with van der Waals surface area (Å²) < 4.78 is 3.20. The van der Waals surface area contributed by atoms with E-state index >= 15 is 0 Å². The minimum Gasteiger partial charge on any atom is -0.274 e. The first-order valence-corrected chi connectivity index (χ1v) is 8.83. The van der Waals surface area contributed by atoms with Crippen LogP contribution in [-0.2, 0) is 7.05 Å². The average molecular weight is 356 g/mol. The molecule has 0 spiro atoms. The van der Waals surface area contributed by atoms with E-state index in [0.717, 1.165) is 29.6 Å². The summed E-state index contributed by atoms with van der Waals surface area (Å²) in [4.78, 5) is 22.5. The van der Waals surface area contributed by atoms with Gasteiger partial charge in [0.1, 0.15) is 11.7 Å².